The SMILES string of the molecule is CCC.CCC(CC)(NC(C)C)C(=O)NC(CC(C)C)C(=O)N(C)C/C=C(\C)C(=O)OF. The van der Waals surface area contributed by atoms with E-state index in [1.54, 1.807) is 7.05 Å². The Bertz CT molecular complexity index is 602. The second-order valence-electron chi connectivity index (χ2n) is 8.92. The van der Waals surface area contributed by atoms with Crippen LogP contribution in [0, 0.1) is 5.92 Å². The maximum absolute atomic E-state index is 13.1. The lowest BCUT2D eigenvalue weighted by Gasteiger charge is -2.35. The van der Waals surface area contributed by atoms with Gasteiger partial charge in [-0.3, -0.25) is 9.59 Å². The highest BCUT2D eigenvalue weighted by Crippen LogP contribution is 2.18. The van der Waals surface area contributed by atoms with Crippen LogP contribution in [0.1, 0.15) is 88.0 Å². The summed E-state index contributed by atoms with van der Waals surface area (Å²) in [6.07, 6.45) is 4.34. The number of rotatable bonds is 12. The molecule has 32 heavy (non-hydrogen) atoms. The molecule has 0 saturated carbocycles. The number of carbonyl (C=O) groups excluding carboxylic acids is 3. The number of nitrogens with one attached hydrogen (secondary N) is 2. The molecule has 0 aromatic rings. The number of hydrogen-bond donors (Lipinski definition) is 2. The Morgan fingerprint density at radius 3 is 1.94 bits per heavy atom. The molecule has 0 rings (SSSR count). The maximum atomic E-state index is 13.1. The first-order valence-corrected chi connectivity index (χ1v) is 11.7. The van der Waals surface area contributed by atoms with Crippen molar-refractivity contribution >= 4 is 17.8 Å². The molecule has 0 spiro atoms. The van der Waals surface area contributed by atoms with Crippen molar-refractivity contribution in [2.45, 2.75) is 106 Å². The zero-order valence-electron chi connectivity index (χ0n) is 21.8. The molecule has 1 atom stereocenters. The summed E-state index contributed by atoms with van der Waals surface area (Å²) in [5, 5.41) is 6.28. The Kier molecular flexibility index (Phi) is 16.8. The largest absolute Gasteiger partial charge is 0.375 e. The van der Waals surface area contributed by atoms with E-state index in [2.05, 4.69) is 29.4 Å². The predicted octanol–water partition coefficient (Wildman–Crippen LogP) is 4.32. The van der Waals surface area contributed by atoms with Crippen LogP contribution in [0.25, 0.3) is 0 Å². The summed E-state index contributed by atoms with van der Waals surface area (Å²) >= 11 is 0. The van der Waals surface area contributed by atoms with Crippen LogP contribution in [0.5, 0.6) is 0 Å². The summed E-state index contributed by atoms with van der Waals surface area (Å²) in [6.45, 7) is 17.6. The molecular weight excluding hydrogens is 413 g/mol. The fraction of sp³-hybridized carbons (Fsp3) is 0.792. The predicted molar refractivity (Wildman–Crippen MR) is 128 cm³/mol. The van der Waals surface area contributed by atoms with E-state index in [4.69, 9.17) is 0 Å². The third-order valence-corrected chi connectivity index (χ3v) is 4.96. The maximum Gasteiger partial charge on any atom is 0.375 e. The minimum atomic E-state index is -1.09. The lowest BCUT2D eigenvalue weighted by molar-refractivity contribution is -0.178. The van der Waals surface area contributed by atoms with Gasteiger partial charge in [-0.1, -0.05) is 54.0 Å². The molecular formula is C24H46FN3O4. The van der Waals surface area contributed by atoms with Crippen molar-refractivity contribution in [2.24, 2.45) is 5.92 Å². The van der Waals surface area contributed by atoms with Gasteiger partial charge in [0.1, 0.15) is 6.04 Å². The first-order chi connectivity index (χ1) is 14.8. The molecule has 8 heteroatoms. The molecule has 0 aliphatic carbocycles. The molecule has 0 heterocycles. The van der Waals surface area contributed by atoms with Crippen molar-refractivity contribution in [3.8, 4) is 0 Å². The van der Waals surface area contributed by atoms with Gasteiger partial charge in [-0.25, -0.2) is 9.74 Å². The van der Waals surface area contributed by atoms with Crippen LogP contribution in [0.2, 0.25) is 0 Å². The van der Waals surface area contributed by atoms with Gasteiger partial charge >= 0.3 is 5.97 Å². The van der Waals surface area contributed by atoms with E-state index < -0.39 is 17.6 Å². The molecule has 0 fully saturated rings. The average Bonchev–Trinajstić information content (AvgIpc) is 2.73. The van der Waals surface area contributed by atoms with Crippen molar-refractivity contribution in [1.82, 2.24) is 15.5 Å². The van der Waals surface area contributed by atoms with Gasteiger partial charge in [-0.2, -0.15) is 0 Å². The molecule has 0 aliphatic rings. The van der Waals surface area contributed by atoms with Crippen molar-refractivity contribution in [1.29, 1.82) is 0 Å². The van der Waals surface area contributed by atoms with Crippen molar-refractivity contribution in [2.75, 3.05) is 13.6 Å². The highest BCUT2D eigenvalue weighted by Gasteiger charge is 2.37. The van der Waals surface area contributed by atoms with Gasteiger partial charge in [-0.05, 0) is 46.0 Å². The molecule has 0 aromatic heterocycles. The number of halogens is 1. The zero-order valence-corrected chi connectivity index (χ0v) is 21.8. The van der Waals surface area contributed by atoms with Crippen LogP contribution in [-0.2, 0) is 19.3 Å². The van der Waals surface area contributed by atoms with Gasteiger partial charge in [0.05, 0.1) is 5.54 Å². The fourth-order valence-electron chi connectivity index (χ4n) is 3.16. The smallest absolute Gasteiger partial charge is 0.343 e. The summed E-state index contributed by atoms with van der Waals surface area (Å²) in [7, 11) is 1.58. The summed E-state index contributed by atoms with van der Waals surface area (Å²) in [4.78, 5) is 41.8. The van der Waals surface area contributed by atoms with E-state index >= 15 is 0 Å². The van der Waals surface area contributed by atoms with E-state index in [0.717, 1.165) is 0 Å². The van der Waals surface area contributed by atoms with E-state index in [0.29, 0.717) is 19.3 Å². The normalized spacial score (nSPS) is 12.7. The quantitative estimate of drug-likeness (QED) is 0.424. The van der Waals surface area contributed by atoms with Gasteiger partial charge in [0.15, 0.2) is 0 Å². The number of nitrogens with zero attached hydrogens (tertiary/aromatic N) is 1. The Hall–Kier alpha value is -1.96. The van der Waals surface area contributed by atoms with Crippen LogP contribution >= 0.6 is 0 Å². The molecule has 2 amide bonds. The third-order valence-electron chi connectivity index (χ3n) is 4.96. The van der Waals surface area contributed by atoms with Crippen LogP contribution in [0.3, 0.4) is 0 Å². The molecule has 0 radical (unpaired) electrons. The summed E-state index contributed by atoms with van der Waals surface area (Å²) in [6, 6.07) is -0.577. The molecule has 0 bridgehead atoms. The number of hydrogen-bond acceptors (Lipinski definition) is 5. The minimum Gasteiger partial charge on any atom is -0.343 e. The average molecular weight is 460 g/mol. The fourth-order valence-corrected chi connectivity index (χ4v) is 3.16. The highest BCUT2D eigenvalue weighted by molar-refractivity contribution is 5.92. The molecule has 1 unspecified atom stereocenters. The number of carbonyl (C=O) groups is 3. The Morgan fingerprint density at radius 2 is 1.56 bits per heavy atom. The first kappa shape index (κ1) is 32.2. The van der Waals surface area contributed by atoms with Crippen LogP contribution < -0.4 is 10.6 Å². The van der Waals surface area contributed by atoms with Crippen molar-refractivity contribution in [3.05, 3.63) is 11.6 Å². The molecule has 7 nitrogen and oxygen atoms in total. The second-order valence-corrected chi connectivity index (χ2v) is 8.92. The van der Waals surface area contributed by atoms with Crippen molar-refractivity contribution in [3.63, 3.8) is 0 Å². The van der Waals surface area contributed by atoms with Gasteiger partial charge in [0, 0.05) is 29.7 Å². The van der Waals surface area contributed by atoms with Crippen molar-refractivity contribution < 1.29 is 23.9 Å². The van der Waals surface area contributed by atoms with Crippen LogP contribution in [-0.4, -0.2) is 53.9 Å². The van der Waals surface area contributed by atoms with E-state index in [-0.39, 0.29) is 35.9 Å². The number of likely N-dealkylation sites (N-methyl/N-ethyl adjacent to an activating group) is 1. The molecule has 0 aliphatic heterocycles. The Labute approximate surface area is 194 Å². The third kappa shape index (κ3) is 11.6. The Balaban J connectivity index is 0. The van der Waals surface area contributed by atoms with E-state index in [1.807, 2.05) is 41.5 Å². The number of amides is 2. The summed E-state index contributed by atoms with van der Waals surface area (Å²) < 4.78 is 12.0. The van der Waals surface area contributed by atoms with E-state index in [9.17, 15) is 18.9 Å². The highest BCUT2D eigenvalue weighted by atomic mass is 19.3. The zero-order chi connectivity index (χ0) is 25.5. The van der Waals surface area contributed by atoms with Gasteiger partial charge in [0.2, 0.25) is 11.8 Å². The minimum absolute atomic E-state index is 0.0636. The molecule has 0 aromatic carbocycles. The summed E-state index contributed by atoms with van der Waals surface area (Å²) in [5.74, 6) is -1.37. The Morgan fingerprint density at radius 1 is 1.06 bits per heavy atom. The molecule has 0 saturated heterocycles. The lowest BCUT2D eigenvalue weighted by atomic mass is 9.89. The van der Waals surface area contributed by atoms with Crippen LogP contribution in [0.15, 0.2) is 11.6 Å². The molecule has 2 N–H and O–H groups in total. The monoisotopic (exact) mass is 459 g/mol. The molecule has 188 valence electrons. The van der Waals surface area contributed by atoms with E-state index in [1.165, 1.54) is 24.3 Å². The first-order valence-electron chi connectivity index (χ1n) is 11.7. The second kappa shape index (κ2) is 16.6. The lowest BCUT2D eigenvalue weighted by Crippen LogP contribution is -2.61. The topological polar surface area (TPSA) is 87.7 Å². The summed E-state index contributed by atoms with van der Waals surface area (Å²) in [5.41, 5.74) is -0.683. The van der Waals surface area contributed by atoms with Gasteiger partial charge in [-0.15, -0.1) is 0 Å². The standard InChI is InChI=1S/C21H38FN3O4.C3H8/c1-9-21(10-2,24-15(5)6)20(28)23-17(13-14(3)4)18(26)25(8)12-11-16(7)19(27)29-22;1-3-2/h11,14-15,17,24H,9-10,12-13H2,1-8H3,(H,23,28);3H2,1-2H3/b16-11+;. The van der Waals surface area contributed by atoms with Gasteiger partial charge < -0.3 is 15.5 Å². The van der Waals surface area contributed by atoms with Crippen LogP contribution in [0.4, 0.5) is 4.53 Å². The van der Waals surface area contributed by atoms with Gasteiger partial charge in [0.25, 0.3) is 0 Å².